The molecule has 1 saturated heterocycles. The minimum Gasteiger partial charge on any atom is -0.449 e. The van der Waals surface area contributed by atoms with E-state index in [0.29, 0.717) is 4.90 Å². The van der Waals surface area contributed by atoms with Crippen LogP contribution < -0.4 is 0 Å². The summed E-state index contributed by atoms with van der Waals surface area (Å²) in [5.74, 6) is -5.31. The van der Waals surface area contributed by atoms with Gasteiger partial charge in [0.25, 0.3) is 5.85 Å². The maximum atomic E-state index is 15.6. The molecule has 1 aromatic rings. The molecule has 0 unspecified atom stereocenters. The standard InChI is InChI=1S/C19H21F2NO6/c1-12(24)9-10-22(13(2)25)17-18(3,20)16(19(21,11-23)28-17)27-15(26)14-7-5-4-6-8-14/h4-10,16-17,23H,11H2,1-3H3/b10-9-/t16-,17+,18+,19+/m0/s1. The number of esters is 1. The third-order valence-corrected chi connectivity index (χ3v) is 4.23. The molecule has 1 aromatic carbocycles. The second-order valence-corrected chi connectivity index (χ2v) is 6.57. The summed E-state index contributed by atoms with van der Waals surface area (Å²) >= 11 is 0. The van der Waals surface area contributed by atoms with Crippen LogP contribution in [0.15, 0.2) is 42.6 Å². The van der Waals surface area contributed by atoms with Crippen molar-refractivity contribution in [2.45, 2.75) is 44.6 Å². The SMILES string of the molecule is CC(=O)/C=C\N(C(C)=O)[C@@H]1O[C@](F)(CO)[C@@H](OC(=O)c2ccccc2)[C@@]1(C)F. The first-order valence-electron chi connectivity index (χ1n) is 8.43. The number of ether oxygens (including phenoxy) is 2. The molecule has 0 aromatic heterocycles. The summed E-state index contributed by atoms with van der Waals surface area (Å²) in [6, 6.07) is 7.50. The van der Waals surface area contributed by atoms with E-state index >= 15 is 8.78 Å². The first kappa shape index (κ1) is 21.6. The van der Waals surface area contributed by atoms with Crippen molar-refractivity contribution < 1.29 is 37.7 Å². The van der Waals surface area contributed by atoms with Gasteiger partial charge in [-0.25, -0.2) is 13.6 Å². The maximum Gasteiger partial charge on any atom is 0.338 e. The zero-order chi connectivity index (χ0) is 21.1. The summed E-state index contributed by atoms with van der Waals surface area (Å²) < 4.78 is 40.7. The molecule has 1 fully saturated rings. The van der Waals surface area contributed by atoms with Gasteiger partial charge in [0.15, 0.2) is 17.7 Å². The van der Waals surface area contributed by atoms with Crippen molar-refractivity contribution in [1.29, 1.82) is 0 Å². The number of nitrogens with zero attached hydrogens (tertiary/aromatic N) is 1. The normalized spacial score (nSPS) is 29.6. The average Bonchev–Trinajstić information content (AvgIpc) is 2.83. The predicted molar refractivity (Wildman–Crippen MR) is 93.3 cm³/mol. The van der Waals surface area contributed by atoms with Crippen LogP contribution in [-0.2, 0) is 19.1 Å². The lowest BCUT2D eigenvalue weighted by Crippen LogP contribution is -2.52. The summed E-state index contributed by atoms with van der Waals surface area (Å²) in [4.78, 5) is 36.0. The molecule has 1 aliphatic rings. The van der Waals surface area contributed by atoms with Gasteiger partial charge in [0, 0.05) is 13.1 Å². The van der Waals surface area contributed by atoms with Gasteiger partial charge < -0.3 is 14.6 Å². The van der Waals surface area contributed by atoms with E-state index < -0.39 is 48.1 Å². The number of hydrogen-bond donors (Lipinski definition) is 1. The van der Waals surface area contributed by atoms with Gasteiger partial charge in [-0.15, -0.1) is 0 Å². The van der Waals surface area contributed by atoms with Gasteiger partial charge in [0.2, 0.25) is 12.0 Å². The Hall–Kier alpha value is -2.65. The summed E-state index contributed by atoms with van der Waals surface area (Å²) in [6.45, 7) is 1.83. The molecule has 0 aliphatic carbocycles. The summed E-state index contributed by atoms with van der Waals surface area (Å²) in [7, 11) is 0. The number of halogens is 2. The molecule has 4 atom stereocenters. The van der Waals surface area contributed by atoms with Gasteiger partial charge >= 0.3 is 5.97 Å². The highest BCUT2D eigenvalue weighted by atomic mass is 19.2. The molecule has 0 saturated carbocycles. The molecule has 28 heavy (non-hydrogen) atoms. The van der Waals surface area contributed by atoms with Crippen molar-refractivity contribution in [2.24, 2.45) is 0 Å². The summed E-state index contributed by atoms with van der Waals surface area (Å²) in [5.41, 5.74) is -2.70. The Labute approximate surface area is 160 Å². The molecule has 152 valence electrons. The summed E-state index contributed by atoms with van der Waals surface area (Å²) in [6.07, 6.45) is -2.13. The van der Waals surface area contributed by atoms with Crippen LogP contribution in [0.4, 0.5) is 8.78 Å². The van der Waals surface area contributed by atoms with E-state index in [0.717, 1.165) is 26.1 Å². The fraction of sp³-hybridized carbons (Fsp3) is 0.421. The Bertz CT molecular complexity index is 782. The fourth-order valence-corrected chi connectivity index (χ4v) is 2.85. The van der Waals surface area contributed by atoms with Gasteiger partial charge in [-0.1, -0.05) is 18.2 Å². The van der Waals surface area contributed by atoms with Gasteiger partial charge in [-0.3, -0.25) is 14.5 Å². The van der Waals surface area contributed by atoms with Crippen LogP contribution in [0.3, 0.4) is 0 Å². The molecule has 0 spiro atoms. The average molecular weight is 397 g/mol. The van der Waals surface area contributed by atoms with Gasteiger partial charge in [-0.2, -0.15) is 0 Å². The Morgan fingerprint density at radius 2 is 1.86 bits per heavy atom. The van der Waals surface area contributed by atoms with E-state index in [1.807, 2.05) is 0 Å². The number of aliphatic hydroxyl groups is 1. The van der Waals surface area contributed by atoms with E-state index in [-0.39, 0.29) is 5.56 Å². The van der Waals surface area contributed by atoms with Crippen LogP contribution in [0.1, 0.15) is 31.1 Å². The number of carbonyl (C=O) groups is 3. The highest BCUT2D eigenvalue weighted by Crippen LogP contribution is 2.45. The molecule has 0 bridgehead atoms. The number of rotatable bonds is 6. The number of allylic oxidation sites excluding steroid dienone is 1. The molecular formula is C19H21F2NO6. The zero-order valence-electron chi connectivity index (χ0n) is 15.6. The summed E-state index contributed by atoms with van der Waals surface area (Å²) in [5, 5.41) is 9.43. The highest BCUT2D eigenvalue weighted by Gasteiger charge is 2.67. The first-order valence-corrected chi connectivity index (χ1v) is 8.43. The molecule has 2 rings (SSSR count). The van der Waals surface area contributed by atoms with E-state index in [9.17, 15) is 19.5 Å². The van der Waals surface area contributed by atoms with E-state index in [2.05, 4.69) is 0 Å². The Balaban J connectivity index is 2.38. The number of aliphatic hydroxyl groups excluding tert-OH is 1. The lowest BCUT2D eigenvalue weighted by atomic mass is 9.96. The minimum atomic E-state index is -3.10. The molecule has 0 radical (unpaired) electrons. The second kappa shape index (κ2) is 8.15. The number of amides is 1. The van der Waals surface area contributed by atoms with Gasteiger partial charge in [0.05, 0.1) is 5.56 Å². The van der Waals surface area contributed by atoms with Crippen LogP contribution in [0.5, 0.6) is 0 Å². The molecule has 9 heteroatoms. The van der Waals surface area contributed by atoms with Crippen molar-refractivity contribution in [2.75, 3.05) is 6.61 Å². The number of carbonyl (C=O) groups excluding carboxylic acids is 3. The number of benzene rings is 1. The zero-order valence-corrected chi connectivity index (χ0v) is 15.6. The monoisotopic (exact) mass is 397 g/mol. The number of alkyl halides is 2. The van der Waals surface area contributed by atoms with E-state index in [1.165, 1.54) is 31.2 Å². The van der Waals surface area contributed by atoms with Crippen molar-refractivity contribution in [1.82, 2.24) is 4.90 Å². The molecule has 7 nitrogen and oxygen atoms in total. The molecule has 1 aliphatic heterocycles. The van der Waals surface area contributed by atoms with Crippen LogP contribution >= 0.6 is 0 Å². The van der Waals surface area contributed by atoms with Crippen molar-refractivity contribution in [3.63, 3.8) is 0 Å². The molecule has 1 heterocycles. The predicted octanol–water partition coefficient (Wildman–Crippen LogP) is 1.91. The Kier molecular flexibility index (Phi) is 6.30. The van der Waals surface area contributed by atoms with Crippen molar-refractivity contribution in [3.8, 4) is 0 Å². The second-order valence-electron chi connectivity index (χ2n) is 6.57. The third-order valence-electron chi connectivity index (χ3n) is 4.23. The maximum absolute atomic E-state index is 15.6. The number of ketones is 1. The van der Waals surface area contributed by atoms with Crippen LogP contribution in [0, 0.1) is 0 Å². The smallest absolute Gasteiger partial charge is 0.338 e. The van der Waals surface area contributed by atoms with E-state index in [1.54, 1.807) is 6.07 Å². The van der Waals surface area contributed by atoms with Crippen LogP contribution in [0.25, 0.3) is 0 Å². The Morgan fingerprint density at radius 3 is 2.36 bits per heavy atom. The first-order chi connectivity index (χ1) is 13.0. The van der Waals surface area contributed by atoms with Gasteiger partial charge in [-0.05, 0) is 32.1 Å². The van der Waals surface area contributed by atoms with Crippen LogP contribution in [0.2, 0.25) is 0 Å². The van der Waals surface area contributed by atoms with Crippen molar-refractivity contribution in [3.05, 3.63) is 48.2 Å². The van der Waals surface area contributed by atoms with Gasteiger partial charge in [0.1, 0.15) is 6.61 Å². The fourth-order valence-electron chi connectivity index (χ4n) is 2.85. The molecule has 1 N–H and O–H groups in total. The highest BCUT2D eigenvalue weighted by molar-refractivity contribution is 5.89. The number of hydrogen-bond acceptors (Lipinski definition) is 6. The lowest BCUT2D eigenvalue weighted by molar-refractivity contribution is -0.212. The lowest BCUT2D eigenvalue weighted by Gasteiger charge is -2.31. The molecule has 1 amide bonds. The van der Waals surface area contributed by atoms with Crippen LogP contribution in [-0.4, -0.2) is 58.1 Å². The quantitative estimate of drug-likeness (QED) is 0.582. The molecular weight excluding hydrogens is 376 g/mol. The minimum absolute atomic E-state index is 0.0435. The topological polar surface area (TPSA) is 93.1 Å². The third kappa shape index (κ3) is 4.26. The largest absolute Gasteiger partial charge is 0.449 e. The van der Waals surface area contributed by atoms with E-state index in [4.69, 9.17) is 9.47 Å². The van der Waals surface area contributed by atoms with Crippen molar-refractivity contribution >= 4 is 17.7 Å². The Morgan fingerprint density at radius 1 is 1.25 bits per heavy atom.